The molecule has 1 heterocycles. The van der Waals surface area contributed by atoms with Crippen LogP contribution < -0.4 is 10.6 Å². The predicted octanol–water partition coefficient (Wildman–Crippen LogP) is 2.63. The van der Waals surface area contributed by atoms with E-state index in [9.17, 15) is 0 Å². The minimum Gasteiger partial charge on any atom is -0.379 e. The molecule has 20 heavy (non-hydrogen) atoms. The zero-order valence-corrected chi connectivity index (χ0v) is 13.1. The Balaban J connectivity index is 1.74. The molecule has 0 saturated carbocycles. The van der Waals surface area contributed by atoms with Gasteiger partial charge in [-0.05, 0) is 44.4 Å². The molecule has 3 unspecified atom stereocenters. The minimum atomic E-state index is 0.438. The monoisotopic (exact) mass is 296 g/mol. The summed E-state index contributed by atoms with van der Waals surface area (Å²) in [6.45, 7) is 7.10. The zero-order chi connectivity index (χ0) is 14.4. The van der Waals surface area contributed by atoms with Crippen molar-refractivity contribution in [2.75, 3.05) is 19.8 Å². The molecule has 0 bridgehead atoms. The average Bonchev–Trinajstić information content (AvgIpc) is 2.39. The number of nitrogens with one attached hydrogen (secondary N) is 2. The van der Waals surface area contributed by atoms with Crippen LogP contribution in [0.25, 0.3) is 0 Å². The van der Waals surface area contributed by atoms with E-state index in [1.807, 2.05) is 18.2 Å². The van der Waals surface area contributed by atoms with Crippen LogP contribution in [-0.2, 0) is 11.2 Å². The first kappa shape index (κ1) is 15.8. The fraction of sp³-hybridized carbons (Fsp3) is 0.625. The molecule has 4 heteroatoms. The largest absolute Gasteiger partial charge is 0.379 e. The summed E-state index contributed by atoms with van der Waals surface area (Å²) in [5.41, 5.74) is 1.28. The van der Waals surface area contributed by atoms with Gasteiger partial charge in [0, 0.05) is 29.7 Å². The van der Waals surface area contributed by atoms with Crippen LogP contribution in [0.15, 0.2) is 24.3 Å². The van der Waals surface area contributed by atoms with Gasteiger partial charge in [-0.15, -0.1) is 0 Å². The van der Waals surface area contributed by atoms with Crippen LogP contribution >= 0.6 is 11.6 Å². The summed E-state index contributed by atoms with van der Waals surface area (Å²) >= 11 is 6.02. The van der Waals surface area contributed by atoms with Crippen LogP contribution in [0.3, 0.4) is 0 Å². The van der Waals surface area contributed by atoms with E-state index in [0.717, 1.165) is 37.6 Å². The van der Waals surface area contributed by atoms with Crippen molar-refractivity contribution in [2.45, 2.75) is 44.8 Å². The summed E-state index contributed by atoms with van der Waals surface area (Å²) in [7, 11) is 0. The van der Waals surface area contributed by atoms with Gasteiger partial charge in [-0.25, -0.2) is 0 Å². The lowest BCUT2D eigenvalue weighted by Gasteiger charge is -2.28. The van der Waals surface area contributed by atoms with Gasteiger partial charge < -0.3 is 15.4 Å². The lowest BCUT2D eigenvalue weighted by Crippen LogP contribution is -2.46. The molecule has 1 aliphatic rings. The van der Waals surface area contributed by atoms with Crippen LogP contribution in [0, 0.1) is 0 Å². The molecule has 1 aliphatic heterocycles. The van der Waals surface area contributed by atoms with E-state index < -0.39 is 0 Å². The Bertz CT molecular complexity index is 407. The highest BCUT2D eigenvalue weighted by molar-refractivity contribution is 6.30. The maximum atomic E-state index is 6.02. The number of hydrogen-bond acceptors (Lipinski definition) is 3. The fourth-order valence-electron chi connectivity index (χ4n) is 2.83. The molecule has 0 amide bonds. The van der Waals surface area contributed by atoms with Gasteiger partial charge in [-0.2, -0.15) is 0 Å². The van der Waals surface area contributed by atoms with Gasteiger partial charge in [-0.3, -0.25) is 0 Å². The van der Waals surface area contributed by atoms with Gasteiger partial charge in [-0.1, -0.05) is 23.7 Å². The predicted molar refractivity (Wildman–Crippen MR) is 84.4 cm³/mol. The number of halogens is 1. The van der Waals surface area contributed by atoms with E-state index in [1.54, 1.807) is 0 Å². The van der Waals surface area contributed by atoms with Crippen molar-refractivity contribution in [3.8, 4) is 0 Å². The number of morpholine rings is 1. The molecule has 1 fully saturated rings. The molecule has 2 rings (SSSR count). The lowest BCUT2D eigenvalue weighted by atomic mass is 10.0. The van der Waals surface area contributed by atoms with Gasteiger partial charge in [0.1, 0.15) is 0 Å². The first-order chi connectivity index (χ1) is 9.63. The fourth-order valence-corrected chi connectivity index (χ4v) is 3.04. The number of ether oxygens (including phenoxy) is 1. The summed E-state index contributed by atoms with van der Waals surface area (Å²) in [6.07, 6.45) is 2.10. The molecule has 1 aromatic rings. The molecule has 2 N–H and O–H groups in total. The zero-order valence-electron chi connectivity index (χ0n) is 12.4. The van der Waals surface area contributed by atoms with Crippen molar-refractivity contribution in [2.24, 2.45) is 0 Å². The summed E-state index contributed by atoms with van der Waals surface area (Å²) < 4.78 is 5.49. The van der Waals surface area contributed by atoms with Crippen molar-refractivity contribution >= 4 is 11.6 Å². The molecule has 3 atom stereocenters. The number of benzene rings is 1. The summed E-state index contributed by atoms with van der Waals surface area (Å²) in [5.74, 6) is 0. The van der Waals surface area contributed by atoms with Crippen LogP contribution in [0.4, 0.5) is 0 Å². The molecular weight excluding hydrogens is 272 g/mol. The second-order valence-corrected chi connectivity index (χ2v) is 6.20. The first-order valence-electron chi connectivity index (χ1n) is 7.45. The Morgan fingerprint density at radius 1 is 1.40 bits per heavy atom. The van der Waals surface area contributed by atoms with Gasteiger partial charge in [0.15, 0.2) is 0 Å². The summed E-state index contributed by atoms with van der Waals surface area (Å²) in [5, 5.41) is 7.97. The molecule has 0 radical (unpaired) electrons. The number of hydrogen-bond donors (Lipinski definition) is 2. The normalized spacial score (nSPS) is 22.4. The second-order valence-electron chi connectivity index (χ2n) is 5.76. The maximum Gasteiger partial charge on any atom is 0.0620 e. The van der Waals surface area contributed by atoms with E-state index >= 15 is 0 Å². The van der Waals surface area contributed by atoms with Crippen LogP contribution in [0.2, 0.25) is 5.02 Å². The van der Waals surface area contributed by atoms with Crippen LogP contribution in [0.5, 0.6) is 0 Å². The maximum absolute atomic E-state index is 6.02. The molecule has 1 saturated heterocycles. The lowest BCUT2D eigenvalue weighted by molar-refractivity contribution is 0.0708. The molecule has 112 valence electrons. The molecule has 1 aromatic carbocycles. The smallest absolute Gasteiger partial charge is 0.0620 e. The Morgan fingerprint density at radius 3 is 2.95 bits per heavy atom. The highest BCUT2D eigenvalue weighted by atomic mass is 35.5. The Hall–Kier alpha value is -0.610. The molecule has 0 aliphatic carbocycles. The van der Waals surface area contributed by atoms with E-state index in [1.165, 1.54) is 5.56 Å². The van der Waals surface area contributed by atoms with Crippen LogP contribution in [0.1, 0.15) is 25.8 Å². The van der Waals surface area contributed by atoms with Gasteiger partial charge in [0.05, 0.1) is 13.2 Å². The molecule has 3 nitrogen and oxygen atoms in total. The van der Waals surface area contributed by atoms with Crippen molar-refractivity contribution < 1.29 is 4.74 Å². The first-order valence-corrected chi connectivity index (χ1v) is 7.83. The third-order valence-electron chi connectivity index (χ3n) is 3.64. The highest BCUT2D eigenvalue weighted by Gasteiger charge is 2.17. The van der Waals surface area contributed by atoms with Crippen molar-refractivity contribution in [3.63, 3.8) is 0 Å². The minimum absolute atomic E-state index is 0.438. The molecular formula is C16H25ClN2O. The Kier molecular flexibility index (Phi) is 6.30. The standard InChI is InChI=1S/C16H25ClN2O/c1-12(8-14-4-3-5-15(17)10-14)19-13(2)9-16-11-20-7-6-18-16/h3-5,10,12-13,16,18-19H,6-9,11H2,1-2H3. The van der Waals surface area contributed by atoms with Crippen LogP contribution in [-0.4, -0.2) is 37.9 Å². The highest BCUT2D eigenvalue weighted by Crippen LogP contribution is 2.13. The molecule has 0 spiro atoms. The quantitative estimate of drug-likeness (QED) is 0.847. The van der Waals surface area contributed by atoms with Gasteiger partial charge in [0.2, 0.25) is 0 Å². The van der Waals surface area contributed by atoms with E-state index in [-0.39, 0.29) is 0 Å². The average molecular weight is 297 g/mol. The SMILES string of the molecule is CC(Cc1cccc(Cl)c1)NC(C)CC1COCCN1. The topological polar surface area (TPSA) is 33.3 Å². The third-order valence-corrected chi connectivity index (χ3v) is 3.87. The Labute approximate surface area is 127 Å². The van der Waals surface area contributed by atoms with Crippen molar-refractivity contribution in [3.05, 3.63) is 34.9 Å². The second kappa shape index (κ2) is 7.99. The van der Waals surface area contributed by atoms with E-state index in [4.69, 9.17) is 16.3 Å². The van der Waals surface area contributed by atoms with Gasteiger partial charge >= 0.3 is 0 Å². The number of rotatable bonds is 6. The van der Waals surface area contributed by atoms with Crippen molar-refractivity contribution in [1.82, 2.24) is 10.6 Å². The van der Waals surface area contributed by atoms with Crippen molar-refractivity contribution in [1.29, 1.82) is 0 Å². The molecule has 0 aromatic heterocycles. The summed E-state index contributed by atoms with van der Waals surface area (Å²) in [6, 6.07) is 9.49. The summed E-state index contributed by atoms with van der Waals surface area (Å²) in [4.78, 5) is 0. The van der Waals surface area contributed by atoms with E-state index in [2.05, 4.69) is 30.5 Å². The van der Waals surface area contributed by atoms with E-state index in [0.29, 0.717) is 18.1 Å². The van der Waals surface area contributed by atoms with Gasteiger partial charge in [0.25, 0.3) is 0 Å². The Morgan fingerprint density at radius 2 is 2.25 bits per heavy atom. The third kappa shape index (κ3) is 5.41.